The second-order valence-corrected chi connectivity index (χ2v) is 7.67. The van der Waals surface area contributed by atoms with Crippen LogP contribution >= 0.6 is 11.3 Å². The van der Waals surface area contributed by atoms with Gasteiger partial charge in [0, 0.05) is 24.5 Å². The van der Waals surface area contributed by atoms with E-state index in [0.29, 0.717) is 18.5 Å². The van der Waals surface area contributed by atoms with Crippen molar-refractivity contribution in [3.63, 3.8) is 0 Å². The first-order chi connectivity index (χ1) is 13.8. The molecular weight excluding hydrogens is 401 g/mol. The van der Waals surface area contributed by atoms with Crippen molar-refractivity contribution in [3.8, 4) is 10.4 Å². The molecule has 0 bridgehead atoms. The minimum atomic E-state index is -4.54. The van der Waals surface area contributed by atoms with Crippen LogP contribution in [0, 0.1) is 6.92 Å². The number of nitrogens with one attached hydrogen (secondary N) is 1. The van der Waals surface area contributed by atoms with Crippen LogP contribution in [-0.2, 0) is 11.0 Å². The number of alkyl halides is 3. The fraction of sp³-hybridized carbons (Fsp3) is 0.200. The van der Waals surface area contributed by atoms with Gasteiger partial charge in [0.15, 0.2) is 5.78 Å². The molecule has 1 aliphatic rings. The number of aryl methyl sites for hydroxylation is 1. The summed E-state index contributed by atoms with van der Waals surface area (Å²) in [4.78, 5) is 24.2. The van der Waals surface area contributed by atoms with Gasteiger partial charge in [0.2, 0.25) is 5.95 Å². The van der Waals surface area contributed by atoms with Crippen LogP contribution < -0.4 is 5.32 Å². The third kappa shape index (κ3) is 4.34. The molecule has 5 nitrogen and oxygen atoms in total. The van der Waals surface area contributed by atoms with Gasteiger partial charge in [-0.3, -0.25) is 4.79 Å². The van der Waals surface area contributed by atoms with Crippen molar-refractivity contribution in [2.24, 2.45) is 0 Å². The van der Waals surface area contributed by atoms with E-state index in [9.17, 15) is 18.0 Å². The molecule has 29 heavy (non-hydrogen) atoms. The Morgan fingerprint density at radius 1 is 1.14 bits per heavy atom. The van der Waals surface area contributed by atoms with Crippen molar-refractivity contribution in [2.75, 3.05) is 5.32 Å². The van der Waals surface area contributed by atoms with Crippen LogP contribution in [0.15, 0.2) is 42.7 Å². The van der Waals surface area contributed by atoms with E-state index >= 15 is 0 Å². The summed E-state index contributed by atoms with van der Waals surface area (Å²) in [5, 5.41) is 3.65. The maximum absolute atomic E-state index is 12.9. The summed E-state index contributed by atoms with van der Waals surface area (Å²) in [6.07, 6.45) is 1.12. The molecule has 0 fully saturated rings. The summed E-state index contributed by atoms with van der Waals surface area (Å²) in [5.41, 5.74) is 2.30. The van der Waals surface area contributed by atoms with E-state index < -0.39 is 11.9 Å². The number of halogens is 3. The maximum atomic E-state index is 12.9. The van der Waals surface area contributed by atoms with Crippen molar-refractivity contribution in [3.05, 3.63) is 59.0 Å². The monoisotopic (exact) mass is 416 g/mol. The van der Waals surface area contributed by atoms with Gasteiger partial charge in [0.1, 0.15) is 10.7 Å². The van der Waals surface area contributed by atoms with Crippen LogP contribution in [0.25, 0.3) is 16.0 Å². The number of nitrogens with zero attached hydrogens (tertiary/aromatic N) is 3. The van der Waals surface area contributed by atoms with Crippen LogP contribution in [-0.4, -0.2) is 20.7 Å². The van der Waals surface area contributed by atoms with Gasteiger partial charge in [-0.15, -0.1) is 11.3 Å². The van der Waals surface area contributed by atoms with Crippen LogP contribution in [0.4, 0.5) is 24.8 Å². The number of rotatable bonds is 4. The number of aromatic nitrogens is 3. The predicted molar refractivity (Wildman–Crippen MR) is 105 cm³/mol. The van der Waals surface area contributed by atoms with Crippen LogP contribution in [0.5, 0.6) is 0 Å². The summed E-state index contributed by atoms with van der Waals surface area (Å²) in [6, 6.07) is 6.40. The lowest BCUT2D eigenvalue weighted by Crippen LogP contribution is -2.10. The SMILES string of the molecule is Cc1cc(Nc2nccc(C(F)(F)F)n2)cc(-c2cnc(C3=CC(=O)CC3)s2)c1. The van der Waals surface area contributed by atoms with E-state index in [0.717, 1.165) is 38.8 Å². The highest BCUT2D eigenvalue weighted by Gasteiger charge is 2.32. The zero-order valence-corrected chi connectivity index (χ0v) is 16.1. The lowest BCUT2D eigenvalue weighted by molar-refractivity contribution is -0.141. The highest BCUT2D eigenvalue weighted by atomic mass is 32.1. The molecule has 1 aliphatic carbocycles. The summed E-state index contributed by atoms with van der Waals surface area (Å²) < 4.78 is 38.6. The fourth-order valence-electron chi connectivity index (χ4n) is 3.02. The summed E-state index contributed by atoms with van der Waals surface area (Å²) >= 11 is 1.48. The first-order valence-corrected chi connectivity index (χ1v) is 9.58. The van der Waals surface area contributed by atoms with Gasteiger partial charge in [-0.1, -0.05) is 6.07 Å². The van der Waals surface area contributed by atoms with Gasteiger partial charge in [-0.2, -0.15) is 13.2 Å². The Morgan fingerprint density at radius 3 is 2.69 bits per heavy atom. The van der Waals surface area contributed by atoms with Gasteiger partial charge in [0.25, 0.3) is 0 Å². The Balaban J connectivity index is 1.61. The molecule has 1 N–H and O–H groups in total. The number of hydrogen-bond donors (Lipinski definition) is 1. The minimum absolute atomic E-state index is 0.111. The number of ketones is 1. The number of anilines is 2. The first kappa shape index (κ1) is 19.3. The molecule has 0 unspecified atom stereocenters. The molecule has 0 atom stereocenters. The molecule has 0 radical (unpaired) electrons. The molecule has 148 valence electrons. The number of carbonyl (C=O) groups excluding carboxylic acids is 1. The van der Waals surface area contributed by atoms with Crippen molar-refractivity contribution in [1.29, 1.82) is 0 Å². The molecule has 0 spiro atoms. The van der Waals surface area contributed by atoms with Gasteiger partial charge in [-0.25, -0.2) is 15.0 Å². The van der Waals surface area contributed by atoms with E-state index in [4.69, 9.17) is 0 Å². The van der Waals surface area contributed by atoms with Crippen molar-refractivity contribution in [1.82, 2.24) is 15.0 Å². The molecule has 0 amide bonds. The Bertz CT molecular complexity index is 1120. The van der Waals surface area contributed by atoms with Crippen molar-refractivity contribution >= 4 is 34.3 Å². The third-order valence-electron chi connectivity index (χ3n) is 4.32. The quantitative estimate of drug-likeness (QED) is 0.615. The van der Waals surface area contributed by atoms with E-state index in [1.54, 1.807) is 18.3 Å². The van der Waals surface area contributed by atoms with E-state index in [1.165, 1.54) is 11.3 Å². The number of carbonyl (C=O) groups is 1. The third-order valence-corrected chi connectivity index (χ3v) is 5.44. The van der Waals surface area contributed by atoms with Crippen molar-refractivity contribution < 1.29 is 18.0 Å². The second kappa shape index (κ2) is 7.40. The summed E-state index contributed by atoms with van der Waals surface area (Å²) in [6.45, 7) is 1.89. The van der Waals surface area contributed by atoms with Gasteiger partial charge in [0.05, 0.1) is 4.88 Å². The molecule has 1 aromatic carbocycles. The van der Waals surface area contributed by atoms with E-state index in [1.807, 2.05) is 19.1 Å². The second-order valence-electron chi connectivity index (χ2n) is 6.64. The Morgan fingerprint density at radius 2 is 1.97 bits per heavy atom. The maximum Gasteiger partial charge on any atom is 0.433 e. The van der Waals surface area contributed by atoms with Gasteiger partial charge < -0.3 is 5.32 Å². The zero-order valence-electron chi connectivity index (χ0n) is 15.2. The summed E-state index contributed by atoms with van der Waals surface area (Å²) in [5.74, 6) is -0.0177. The Kier molecular flexibility index (Phi) is 4.91. The first-order valence-electron chi connectivity index (χ1n) is 8.77. The molecular formula is C20H15F3N4OS. The van der Waals surface area contributed by atoms with E-state index in [-0.39, 0.29) is 11.7 Å². The molecule has 9 heteroatoms. The zero-order chi connectivity index (χ0) is 20.6. The smallest absolute Gasteiger partial charge is 0.324 e. The number of hydrogen-bond acceptors (Lipinski definition) is 6. The summed E-state index contributed by atoms with van der Waals surface area (Å²) in [7, 11) is 0. The number of thiazole rings is 1. The lowest BCUT2D eigenvalue weighted by atomic mass is 10.1. The Labute approximate surface area is 168 Å². The minimum Gasteiger partial charge on any atom is -0.324 e. The highest BCUT2D eigenvalue weighted by Crippen LogP contribution is 2.35. The fourth-order valence-corrected chi connectivity index (χ4v) is 3.97. The molecule has 3 aromatic rings. The highest BCUT2D eigenvalue weighted by molar-refractivity contribution is 7.16. The van der Waals surface area contributed by atoms with E-state index in [2.05, 4.69) is 20.3 Å². The van der Waals surface area contributed by atoms with Crippen molar-refractivity contribution in [2.45, 2.75) is 25.9 Å². The molecule has 0 saturated carbocycles. The topological polar surface area (TPSA) is 67.8 Å². The lowest BCUT2D eigenvalue weighted by Gasteiger charge is -2.10. The van der Waals surface area contributed by atoms with Crippen LogP contribution in [0.2, 0.25) is 0 Å². The standard InChI is InChI=1S/C20H15F3N4OS/c1-11-6-13(16-10-25-18(29-16)12-2-3-15(28)9-12)8-14(7-11)26-19-24-5-4-17(27-19)20(21,22)23/h4-10H,2-3H2,1H3,(H,24,26,27). The average molecular weight is 416 g/mol. The molecule has 0 aliphatic heterocycles. The molecule has 4 rings (SSSR count). The number of benzene rings is 1. The predicted octanol–water partition coefficient (Wildman–Crippen LogP) is 5.42. The number of allylic oxidation sites excluding steroid dienone is 2. The largest absolute Gasteiger partial charge is 0.433 e. The van der Waals surface area contributed by atoms with Crippen LogP contribution in [0.3, 0.4) is 0 Å². The molecule has 0 saturated heterocycles. The Hall–Kier alpha value is -3.07. The average Bonchev–Trinajstić information content (AvgIpc) is 3.30. The normalized spacial score (nSPS) is 14.2. The van der Waals surface area contributed by atoms with Gasteiger partial charge in [-0.05, 0) is 54.3 Å². The molecule has 2 aromatic heterocycles. The van der Waals surface area contributed by atoms with Gasteiger partial charge >= 0.3 is 6.18 Å². The molecule has 2 heterocycles. The van der Waals surface area contributed by atoms with Crippen LogP contribution in [0.1, 0.15) is 29.1 Å².